The minimum Gasteiger partial charge on any atom is -0.497 e. The summed E-state index contributed by atoms with van der Waals surface area (Å²) in [5.74, 6) is 0.657. The number of aromatic nitrogens is 1. The maximum atomic E-state index is 11.5. The Balaban J connectivity index is 1.97. The van der Waals surface area contributed by atoms with Gasteiger partial charge in [-0.25, -0.2) is 4.98 Å². The average Bonchev–Trinajstić information content (AvgIpc) is 3.02. The van der Waals surface area contributed by atoms with Crippen LogP contribution < -0.4 is 10.1 Å². The van der Waals surface area contributed by atoms with Gasteiger partial charge in [0.05, 0.1) is 19.4 Å². The van der Waals surface area contributed by atoms with Crippen LogP contribution in [0.15, 0.2) is 35.7 Å². The van der Waals surface area contributed by atoms with Crippen LogP contribution >= 0.6 is 11.3 Å². The third-order valence-electron chi connectivity index (χ3n) is 2.87. The minimum atomic E-state index is -0.156. The second-order valence-electron chi connectivity index (χ2n) is 4.42. The standard InChI is InChI=1S/C16H18N2O3S/c1-20-10-9-17-15(19)8-5-13-11-22-16(18-13)12-3-6-14(21-2)7-4-12/h3-8,11H,9-10H2,1-2H3,(H,17,19)/b8-5+. The molecule has 1 aromatic carbocycles. The second kappa shape index (κ2) is 8.31. The second-order valence-corrected chi connectivity index (χ2v) is 5.28. The van der Waals surface area contributed by atoms with Gasteiger partial charge in [0.2, 0.25) is 5.91 Å². The lowest BCUT2D eigenvalue weighted by Crippen LogP contribution is -2.24. The Kier molecular flexibility index (Phi) is 6.12. The number of carbonyl (C=O) groups is 1. The number of benzene rings is 1. The normalized spacial score (nSPS) is 10.8. The lowest BCUT2D eigenvalue weighted by molar-refractivity contribution is -0.116. The van der Waals surface area contributed by atoms with E-state index in [4.69, 9.17) is 9.47 Å². The maximum absolute atomic E-state index is 11.5. The van der Waals surface area contributed by atoms with Gasteiger partial charge in [0.1, 0.15) is 10.8 Å². The molecule has 0 aliphatic rings. The molecule has 0 saturated carbocycles. The Morgan fingerprint density at radius 2 is 2.09 bits per heavy atom. The van der Waals surface area contributed by atoms with Gasteiger partial charge in [-0.3, -0.25) is 4.79 Å². The largest absolute Gasteiger partial charge is 0.497 e. The van der Waals surface area contributed by atoms with Crippen LogP contribution in [0.4, 0.5) is 0 Å². The number of rotatable bonds is 7. The summed E-state index contributed by atoms with van der Waals surface area (Å²) in [7, 11) is 3.23. The summed E-state index contributed by atoms with van der Waals surface area (Å²) in [6.45, 7) is 0.992. The molecule has 0 aliphatic heterocycles. The van der Waals surface area contributed by atoms with E-state index in [0.29, 0.717) is 13.2 Å². The lowest BCUT2D eigenvalue weighted by atomic mass is 10.2. The number of nitrogens with zero attached hydrogens (tertiary/aromatic N) is 1. The van der Waals surface area contributed by atoms with Gasteiger partial charge < -0.3 is 14.8 Å². The van der Waals surface area contributed by atoms with E-state index in [1.165, 1.54) is 17.4 Å². The molecule has 2 aromatic rings. The Morgan fingerprint density at radius 3 is 2.77 bits per heavy atom. The highest BCUT2D eigenvalue weighted by Crippen LogP contribution is 2.25. The van der Waals surface area contributed by atoms with Gasteiger partial charge in [-0.15, -0.1) is 11.3 Å². The Bertz CT molecular complexity index is 635. The Morgan fingerprint density at radius 1 is 1.32 bits per heavy atom. The van der Waals surface area contributed by atoms with Gasteiger partial charge in [-0.1, -0.05) is 0 Å². The summed E-state index contributed by atoms with van der Waals surface area (Å²) >= 11 is 1.53. The van der Waals surface area contributed by atoms with Crippen LogP contribution in [-0.4, -0.2) is 38.3 Å². The van der Waals surface area contributed by atoms with E-state index in [1.807, 2.05) is 29.6 Å². The number of thiazole rings is 1. The summed E-state index contributed by atoms with van der Waals surface area (Å²) in [6.07, 6.45) is 3.17. The number of hydrogen-bond acceptors (Lipinski definition) is 5. The van der Waals surface area contributed by atoms with Crippen molar-refractivity contribution < 1.29 is 14.3 Å². The first-order valence-corrected chi connectivity index (χ1v) is 7.65. The van der Waals surface area contributed by atoms with E-state index in [0.717, 1.165) is 22.0 Å². The molecule has 0 spiro atoms. The first kappa shape index (κ1) is 16.2. The predicted octanol–water partition coefficient (Wildman–Crippen LogP) is 2.59. The summed E-state index contributed by atoms with van der Waals surface area (Å²) in [5, 5.41) is 5.54. The molecule has 0 unspecified atom stereocenters. The number of carbonyl (C=O) groups excluding carboxylic acids is 1. The highest BCUT2D eigenvalue weighted by Gasteiger charge is 2.04. The smallest absolute Gasteiger partial charge is 0.244 e. The van der Waals surface area contributed by atoms with Crippen LogP contribution in [0.3, 0.4) is 0 Å². The molecule has 0 radical (unpaired) electrons. The van der Waals surface area contributed by atoms with E-state index in [1.54, 1.807) is 20.3 Å². The van der Waals surface area contributed by atoms with E-state index in [9.17, 15) is 4.79 Å². The molecule has 1 aromatic heterocycles. The first-order valence-electron chi connectivity index (χ1n) is 6.77. The first-order chi connectivity index (χ1) is 10.7. The summed E-state index contributed by atoms with van der Waals surface area (Å²) < 4.78 is 10.00. The van der Waals surface area contributed by atoms with Gasteiger partial charge >= 0.3 is 0 Å². The van der Waals surface area contributed by atoms with Gasteiger partial charge in [-0.2, -0.15) is 0 Å². The highest BCUT2D eigenvalue weighted by molar-refractivity contribution is 7.13. The molecule has 6 heteroatoms. The molecule has 22 heavy (non-hydrogen) atoms. The van der Waals surface area contributed by atoms with Crippen molar-refractivity contribution in [1.82, 2.24) is 10.3 Å². The van der Waals surface area contributed by atoms with Crippen LogP contribution in [-0.2, 0) is 9.53 Å². The third-order valence-corrected chi connectivity index (χ3v) is 3.78. The summed E-state index contributed by atoms with van der Waals surface area (Å²) in [6, 6.07) is 7.72. The molecular weight excluding hydrogens is 300 g/mol. The van der Waals surface area contributed by atoms with Crippen LogP contribution in [0.1, 0.15) is 5.69 Å². The summed E-state index contributed by atoms with van der Waals surface area (Å²) in [5.41, 5.74) is 1.78. The van der Waals surface area contributed by atoms with E-state index in [-0.39, 0.29) is 5.91 Å². The lowest BCUT2D eigenvalue weighted by Gasteiger charge is -2.00. The fourth-order valence-electron chi connectivity index (χ4n) is 1.73. The van der Waals surface area contributed by atoms with Crippen LogP contribution in [0.25, 0.3) is 16.6 Å². The van der Waals surface area contributed by atoms with Gasteiger partial charge in [0.15, 0.2) is 0 Å². The van der Waals surface area contributed by atoms with Crippen molar-refractivity contribution in [3.63, 3.8) is 0 Å². The minimum absolute atomic E-state index is 0.156. The van der Waals surface area contributed by atoms with Crippen molar-refractivity contribution in [2.75, 3.05) is 27.4 Å². The zero-order valence-corrected chi connectivity index (χ0v) is 13.4. The topological polar surface area (TPSA) is 60.5 Å². The fraction of sp³-hybridized carbons (Fsp3) is 0.250. The number of hydrogen-bond donors (Lipinski definition) is 1. The van der Waals surface area contributed by atoms with Crippen molar-refractivity contribution in [2.24, 2.45) is 0 Å². The molecule has 1 amide bonds. The fourth-order valence-corrected chi connectivity index (χ4v) is 2.52. The quantitative estimate of drug-likeness (QED) is 0.630. The van der Waals surface area contributed by atoms with Crippen molar-refractivity contribution >= 4 is 23.3 Å². The van der Waals surface area contributed by atoms with Crippen molar-refractivity contribution in [1.29, 1.82) is 0 Å². The van der Waals surface area contributed by atoms with E-state index in [2.05, 4.69) is 10.3 Å². The predicted molar refractivity (Wildman–Crippen MR) is 88.0 cm³/mol. The van der Waals surface area contributed by atoms with E-state index >= 15 is 0 Å². The van der Waals surface area contributed by atoms with Crippen molar-refractivity contribution in [3.8, 4) is 16.3 Å². The zero-order valence-electron chi connectivity index (χ0n) is 12.5. The molecule has 5 nitrogen and oxygen atoms in total. The highest BCUT2D eigenvalue weighted by atomic mass is 32.1. The molecule has 0 saturated heterocycles. The SMILES string of the molecule is COCCNC(=O)/C=C/c1csc(-c2ccc(OC)cc2)n1. The molecule has 0 aliphatic carbocycles. The Labute approximate surface area is 133 Å². The van der Waals surface area contributed by atoms with Crippen LogP contribution in [0, 0.1) is 0 Å². The Hall–Kier alpha value is -2.18. The van der Waals surface area contributed by atoms with E-state index < -0.39 is 0 Å². The average molecular weight is 318 g/mol. The number of methoxy groups -OCH3 is 2. The number of ether oxygens (including phenoxy) is 2. The van der Waals surface area contributed by atoms with Crippen molar-refractivity contribution in [2.45, 2.75) is 0 Å². The van der Waals surface area contributed by atoms with Crippen LogP contribution in [0.5, 0.6) is 5.75 Å². The number of amides is 1. The van der Waals surface area contributed by atoms with Gasteiger partial charge in [0, 0.05) is 30.7 Å². The molecule has 1 heterocycles. The van der Waals surface area contributed by atoms with Crippen molar-refractivity contribution in [3.05, 3.63) is 41.4 Å². The zero-order chi connectivity index (χ0) is 15.8. The third kappa shape index (κ3) is 4.68. The molecule has 1 N–H and O–H groups in total. The van der Waals surface area contributed by atoms with Gasteiger partial charge in [-0.05, 0) is 30.3 Å². The molecule has 2 rings (SSSR count). The summed E-state index contributed by atoms with van der Waals surface area (Å²) in [4.78, 5) is 16.0. The molecular formula is C16H18N2O3S. The molecule has 0 atom stereocenters. The van der Waals surface area contributed by atoms with Gasteiger partial charge in [0.25, 0.3) is 0 Å². The number of nitrogens with one attached hydrogen (secondary N) is 1. The molecule has 0 bridgehead atoms. The molecule has 0 fully saturated rings. The monoisotopic (exact) mass is 318 g/mol. The maximum Gasteiger partial charge on any atom is 0.244 e. The molecule has 116 valence electrons. The van der Waals surface area contributed by atoms with Crippen LogP contribution in [0.2, 0.25) is 0 Å².